The quantitative estimate of drug-likeness (QED) is 0.659. The van der Waals surface area contributed by atoms with E-state index >= 15 is 0 Å². The number of hydrogen-bond donors (Lipinski definition) is 1. The van der Waals surface area contributed by atoms with Crippen molar-refractivity contribution in [1.29, 1.82) is 0 Å². The number of nitrogens with one attached hydrogen (secondary N) is 1. The van der Waals surface area contributed by atoms with E-state index in [9.17, 15) is 4.79 Å². The normalized spacial score (nSPS) is 11.5. The fourth-order valence-corrected chi connectivity index (χ4v) is 2.35. The first-order valence-electron chi connectivity index (χ1n) is 7.65. The summed E-state index contributed by atoms with van der Waals surface area (Å²) in [5.74, 6) is 0.817. The Bertz CT molecular complexity index is 760. The highest BCUT2D eigenvalue weighted by atomic mass is 35.5. The molecule has 0 aliphatic heterocycles. The van der Waals surface area contributed by atoms with Gasteiger partial charge >= 0.3 is 0 Å². The molecule has 0 heterocycles. The average molecular weight is 380 g/mol. The number of benzene rings is 2. The number of amides is 1. The summed E-state index contributed by atoms with van der Waals surface area (Å²) in [4.78, 5) is 12.2. The Balaban J connectivity index is 1.93. The summed E-state index contributed by atoms with van der Waals surface area (Å²) in [7, 11) is 0. The molecular weight excluding hydrogens is 361 g/mol. The van der Waals surface area contributed by atoms with Crippen molar-refractivity contribution < 1.29 is 14.3 Å². The van der Waals surface area contributed by atoms with Crippen molar-refractivity contribution in [2.24, 2.45) is 0 Å². The molecule has 0 aliphatic carbocycles. The van der Waals surface area contributed by atoms with Crippen LogP contribution in [0.5, 0.6) is 11.5 Å². The van der Waals surface area contributed by atoms with Gasteiger partial charge in [0, 0.05) is 10.7 Å². The lowest BCUT2D eigenvalue weighted by atomic mass is 10.2. The van der Waals surface area contributed by atoms with Crippen molar-refractivity contribution in [3.8, 4) is 11.5 Å². The Morgan fingerprint density at radius 1 is 1.20 bits per heavy atom. The number of halogens is 2. The summed E-state index contributed by atoms with van der Waals surface area (Å²) in [5.41, 5.74) is 1.58. The molecule has 2 aromatic rings. The van der Waals surface area contributed by atoms with Crippen molar-refractivity contribution >= 4 is 34.8 Å². The molecule has 2 rings (SSSR count). The van der Waals surface area contributed by atoms with E-state index in [-0.39, 0.29) is 5.91 Å². The molecule has 1 amide bonds. The van der Waals surface area contributed by atoms with Gasteiger partial charge in [-0.1, -0.05) is 29.8 Å². The fraction of sp³-hybridized carbons (Fsp3) is 0.211. The number of hydrogen-bond acceptors (Lipinski definition) is 3. The van der Waals surface area contributed by atoms with Crippen LogP contribution in [0.25, 0.3) is 0 Å². The summed E-state index contributed by atoms with van der Waals surface area (Å²) in [6.07, 6.45) is -0.724. The summed E-state index contributed by atoms with van der Waals surface area (Å²) in [6, 6.07) is 11.9. The number of carbonyl (C=O) groups excluding carboxylic acids is 1. The lowest BCUT2D eigenvalue weighted by Crippen LogP contribution is -2.30. The van der Waals surface area contributed by atoms with Gasteiger partial charge in [-0.3, -0.25) is 4.79 Å². The van der Waals surface area contributed by atoms with Crippen LogP contribution in [0.1, 0.15) is 13.8 Å². The van der Waals surface area contributed by atoms with Gasteiger partial charge in [-0.25, -0.2) is 0 Å². The van der Waals surface area contributed by atoms with Crippen molar-refractivity contribution in [2.75, 3.05) is 11.9 Å². The zero-order valence-corrected chi connectivity index (χ0v) is 15.5. The van der Waals surface area contributed by atoms with E-state index in [1.807, 2.05) is 6.92 Å². The highest BCUT2D eigenvalue weighted by molar-refractivity contribution is 6.35. The van der Waals surface area contributed by atoms with Crippen LogP contribution in [0.15, 0.2) is 54.6 Å². The topological polar surface area (TPSA) is 47.6 Å². The second-order valence-electron chi connectivity index (χ2n) is 5.59. The van der Waals surface area contributed by atoms with Crippen LogP contribution < -0.4 is 14.8 Å². The third-order valence-corrected chi connectivity index (χ3v) is 3.70. The second kappa shape index (κ2) is 8.79. The van der Waals surface area contributed by atoms with Crippen LogP contribution in [0, 0.1) is 0 Å². The van der Waals surface area contributed by atoms with Crippen LogP contribution in [0.3, 0.4) is 0 Å². The van der Waals surface area contributed by atoms with Gasteiger partial charge < -0.3 is 14.8 Å². The second-order valence-corrected chi connectivity index (χ2v) is 6.44. The third kappa shape index (κ3) is 6.00. The molecule has 6 heteroatoms. The number of anilines is 1. The molecular formula is C19H19Cl2NO3. The monoisotopic (exact) mass is 379 g/mol. The molecule has 0 aliphatic rings. The number of ether oxygens (including phenoxy) is 2. The van der Waals surface area contributed by atoms with Crippen LogP contribution in [0.2, 0.25) is 10.0 Å². The molecule has 0 saturated carbocycles. The van der Waals surface area contributed by atoms with Crippen LogP contribution in [-0.4, -0.2) is 18.6 Å². The van der Waals surface area contributed by atoms with Gasteiger partial charge in [0.1, 0.15) is 18.1 Å². The number of carbonyl (C=O) groups is 1. The van der Waals surface area contributed by atoms with E-state index in [1.54, 1.807) is 49.4 Å². The minimum absolute atomic E-state index is 0.290. The summed E-state index contributed by atoms with van der Waals surface area (Å²) < 4.78 is 11.1. The van der Waals surface area contributed by atoms with Gasteiger partial charge in [0.25, 0.3) is 5.91 Å². The molecule has 0 fully saturated rings. The molecule has 0 saturated heterocycles. The van der Waals surface area contributed by atoms with Crippen molar-refractivity contribution in [3.63, 3.8) is 0 Å². The highest BCUT2D eigenvalue weighted by Gasteiger charge is 2.16. The van der Waals surface area contributed by atoms with E-state index in [2.05, 4.69) is 11.9 Å². The van der Waals surface area contributed by atoms with Crippen molar-refractivity contribution in [3.05, 3.63) is 64.7 Å². The van der Waals surface area contributed by atoms with Gasteiger partial charge in [-0.05, 0) is 61.9 Å². The SMILES string of the molecule is C=C(C)COc1ccc(NC(=O)C(C)Oc2ccc(Cl)cc2Cl)cc1. The maximum absolute atomic E-state index is 12.2. The van der Waals surface area contributed by atoms with E-state index < -0.39 is 6.10 Å². The van der Waals surface area contributed by atoms with Crippen LogP contribution in [-0.2, 0) is 4.79 Å². The maximum atomic E-state index is 12.2. The van der Waals surface area contributed by atoms with E-state index in [0.717, 1.165) is 5.57 Å². The predicted molar refractivity (Wildman–Crippen MR) is 102 cm³/mol. The Labute approximate surface area is 157 Å². The molecule has 132 valence electrons. The molecule has 0 aromatic heterocycles. The molecule has 1 N–H and O–H groups in total. The first-order chi connectivity index (χ1) is 11.8. The molecule has 25 heavy (non-hydrogen) atoms. The Morgan fingerprint density at radius 2 is 1.88 bits per heavy atom. The summed E-state index contributed by atoms with van der Waals surface area (Å²) in [6.45, 7) is 7.77. The summed E-state index contributed by atoms with van der Waals surface area (Å²) in [5, 5.41) is 3.63. The Hall–Kier alpha value is -2.17. The van der Waals surface area contributed by atoms with Gasteiger partial charge in [-0.2, -0.15) is 0 Å². The molecule has 1 unspecified atom stereocenters. The largest absolute Gasteiger partial charge is 0.489 e. The predicted octanol–water partition coefficient (Wildman–Crippen LogP) is 5.35. The van der Waals surface area contributed by atoms with Gasteiger partial charge in [0.15, 0.2) is 6.10 Å². The lowest BCUT2D eigenvalue weighted by Gasteiger charge is -2.16. The zero-order valence-electron chi connectivity index (χ0n) is 14.0. The Morgan fingerprint density at radius 3 is 2.48 bits per heavy atom. The molecule has 4 nitrogen and oxygen atoms in total. The smallest absolute Gasteiger partial charge is 0.265 e. The standard InChI is InChI=1S/C19H19Cl2NO3/c1-12(2)11-24-16-7-5-15(6-8-16)22-19(23)13(3)25-18-9-4-14(20)10-17(18)21/h4-10,13H,1,11H2,2-3H3,(H,22,23). The van der Waals surface area contributed by atoms with Crippen LogP contribution in [0.4, 0.5) is 5.69 Å². The van der Waals surface area contributed by atoms with Gasteiger partial charge in [0.2, 0.25) is 0 Å². The summed E-state index contributed by atoms with van der Waals surface area (Å²) >= 11 is 11.9. The molecule has 0 radical (unpaired) electrons. The first-order valence-corrected chi connectivity index (χ1v) is 8.40. The zero-order chi connectivity index (χ0) is 18.4. The minimum Gasteiger partial charge on any atom is -0.489 e. The average Bonchev–Trinajstić information content (AvgIpc) is 2.56. The van der Waals surface area contributed by atoms with Crippen molar-refractivity contribution in [1.82, 2.24) is 0 Å². The third-order valence-electron chi connectivity index (χ3n) is 3.17. The van der Waals surface area contributed by atoms with E-state index in [0.29, 0.717) is 33.8 Å². The fourth-order valence-electron chi connectivity index (χ4n) is 1.90. The molecule has 2 aromatic carbocycles. The van der Waals surface area contributed by atoms with E-state index in [4.69, 9.17) is 32.7 Å². The molecule has 1 atom stereocenters. The first kappa shape index (κ1) is 19.2. The van der Waals surface area contributed by atoms with E-state index in [1.165, 1.54) is 0 Å². The lowest BCUT2D eigenvalue weighted by molar-refractivity contribution is -0.122. The Kier molecular flexibility index (Phi) is 6.73. The number of rotatable bonds is 7. The van der Waals surface area contributed by atoms with Crippen LogP contribution >= 0.6 is 23.2 Å². The molecule has 0 bridgehead atoms. The molecule has 0 spiro atoms. The highest BCUT2D eigenvalue weighted by Crippen LogP contribution is 2.28. The van der Waals surface area contributed by atoms with Gasteiger partial charge in [0.05, 0.1) is 5.02 Å². The maximum Gasteiger partial charge on any atom is 0.265 e. The minimum atomic E-state index is -0.724. The van der Waals surface area contributed by atoms with Gasteiger partial charge in [-0.15, -0.1) is 0 Å². The van der Waals surface area contributed by atoms with Crippen molar-refractivity contribution in [2.45, 2.75) is 20.0 Å².